The molecule has 2 N–H and O–H groups in total. The van der Waals surface area contributed by atoms with Gasteiger partial charge in [-0.2, -0.15) is 9.61 Å². The lowest BCUT2D eigenvalue weighted by Crippen LogP contribution is -2.33. The molecule has 3 heterocycles. The van der Waals surface area contributed by atoms with Crippen LogP contribution in [0.25, 0.3) is 16.1 Å². The van der Waals surface area contributed by atoms with Crippen LogP contribution in [-0.4, -0.2) is 31.2 Å². The maximum atomic E-state index is 8.98. The maximum Gasteiger partial charge on any atom is 0.224 e. The van der Waals surface area contributed by atoms with Crippen LogP contribution in [0.15, 0.2) is 17.6 Å². The molecule has 1 aliphatic rings. The van der Waals surface area contributed by atoms with Gasteiger partial charge in [0, 0.05) is 10.5 Å². The first-order valence-corrected chi connectivity index (χ1v) is 7.18. The van der Waals surface area contributed by atoms with E-state index in [0.29, 0.717) is 5.65 Å². The molecule has 1 unspecified atom stereocenters. The van der Waals surface area contributed by atoms with E-state index in [0.717, 1.165) is 12.0 Å². The van der Waals surface area contributed by atoms with E-state index in [4.69, 9.17) is 16.0 Å². The SMILES string of the molecule is CC[C@H]1OC(c2cnn3c(N)ncnc23)[C@](C)(N=[N+]=[N-])[C@@H]1C. The average molecular weight is 302 g/mol. The molecule has 0 amide bonds. The van der Waals surface area contributed by atoms with Gasteiger partial charge in [-0.15, -0.1) is 0 Å². The summed E-state index contributed by atoms with van der Waals surface area (Å²) < 4.78 is 7.62. The highest BCUT2D eigenvalue weighted by Crippen LogP contribution is 2.49. The highest BCUT2D eigenvalue weighted by molar-refractivity contribution is 5.51. The molecule has 1 saturated heterocycles. The van der Waals surface area contributed by atoms with Crippen LogP contribution in [0.3, 0.4) is 0 Å². The highest BCUT2D eigenvalue weighted by atomic mass is 16.5. The number of ether oxygens (including phenoxy) is 1. The first-order valence-electron chi connectivity index (χ1n) is 7.18. The zero-order valence-corrected chi connectivity index (χ0v) is 12.7. The Labute approximate surface area is 127 Å². The largest absolute Gasteiger partial charge is 0.369 e. The van der Waals surface area contributed by atoms with Crippen molar-refractivity contribution in [3.8, 4) is 0 Å². The summed E-state index contributed by atoms with van der Waals surface area (Å²) in [6.45, 7) is 6.00. The second-order valence-corrected chi connectivity index (χ2v) is 5.73. The lowest BCUT2D eigenvalue weighted by molar-refractivity contribution is 0.0257. The van der Waals surface area contributed by atoms with E-state index in [2.05, 4.69) is 32.0 Å². The van der Waals surface area contributed by atoms with Gasteiger partial charge in [0.25, 0.3) is 0 Å². The molecule has 0 saturated carbocycles. The number of hydrogen-bond donors (Lipinski definition) is 1. The molecule has 2 aromatic heterocycles. The van der Waals surface area contributed by atoms with Crippen molar-refractivity contribution in [2.75, 3.05) is 5.73 Å². The number of azide groups is 1. The third-order valence-corrected chi connectivity index (χ3v) is 4.62. The van der Waals surface area contributed by atoms with Gasteiger partial charge < -0.3 is 10.5 Å². The minimum atomic E-state index is -0.710. The van der Waals surface area contributed by atoms with Crippen LogP contribution >= 0.6 is 0 Å². The standard InChI is InChI=1S/C13H18N8O/c1-4-9-7(2)13(3,19-20-15)10(22-9)8-5-18-21-11(8)16-6-17-12(21)14/h5-7,9-10H,4H2,1-3H3,(H2,14,16,17)/t7-,9-,10?,13-/m1/s1. The smallest absolute Gasteiger partial charge is 0.224 e. The van der Waals surface area contributed by atoms with Gasteiger partial charge in [-0.3, -0.25) is 0 Å². The maximum absolute atomic E-state index is 8.98. The van der Waals surface area contributed by atoms with Gasteiger partial charge in [0.05, 0.1) is 23.9 Å². The first-order chi connectivity index (χ1) is 10.5. The second-order valence-electron chi connectivity index (χ2n) is 5.73. The van der Waals surface area contributed by atoms with Crippen molar-refractivity contribution in [3.05, 3.63) is 28.5 Å². The molecule has 9 nitrogen and oxygen atoms in total. The molecule has 0 spiro atoms. The van der Waals surface area contributed by atoms with Crippen molar-refractivity contribution in [3.63, 3.8) is 0 Å². The summed E-state index contributed by atoms with van der Waals surface area (Å²) in [5.41, 5.74) is 15.4. The normalized spacial score (nSPS) is 31.3. The molecular formula is C13H18N8O. The summed E-state index contributed by atoms with van der Waals surface area (Å²) in [5.74, 6) is 0.326. The third kappa shape index (κ3) is 1.90. The number of fused-ring (bicyclic) bond motifs is 1. The summed E-state index contributed by atoms with van der Waals surface area (Å²) in [7, 11) is 0. The predicted octanol–water partition coefficient (Wildman–Crippen LogP) is 2.26. The fourth-order valence-electron chi connectivity index (χ4n) is 3.16. The zero-order valence-electron chi connectivity index (χ0n) is 12.7. The molecule has 0 aromatic carbocycles. The first kappa shape index (κ1) is 14.6. The van der Waals surface area contributed by atoms with Crippen LogP contribution in [0.5, 0.6) is 0 Å². The van der Waals surface area contributed by atoms with Crippen LogP contribution in [0.4, 0.5) is 5.95 Å². The van der Waals surface area contributed by atoms with Crippen molar-refractivity contribution in [1.82, 2.24) is 19.6 Å². The molecule has 116 valence electrons. The van der Waals surface area contributed by atoms with Crippen LogP contribution in [0.2, 0.25) is 0 Å². The fourth-order valence-corrected chi connectivity index (χ4v) is 3.16. The monoisotopic (exact) mass is 302 g/mol. The Morgan fingerprint density at radius 1 is 1.55 bits per heavy atom. The van der Waals surface area contributed by atoms with E-state index in [-0.39, 0.29) is 18.0 Å². The van der Waals surface area contributed by atoms with Crippen LogP contribution in [0, 0.1) is 5.92 Å². The lowest BCUT2D eigenvalue weighted by atomic mass is 9.80. The Bertz CT molecular complexity index is 752. The van der Waals surface area contributed by atoms with E-state index in [1.54, 1.807) is 6.20 Å². The Morgan fingerprint density at radius 3 is 3.00 bits per heavy atom. The van der Waals surface area contributed by atoms with Crippen molar-refractivity contribution in [2.45, 2.75) is 44.9 Å². The minimum absolute atomic E-state index is 0.00892. The summed E-state index contributed by atoms with van der Waals surface area (Å²) >= 11 is 0. The fraction of sp³-hybridized carbons (Fsp3) is 0.615. The molecule has 22 heavy (non-hydrogen) atoms. The Balaban J connectivity index is 2.16. The van der Waals surface area contributed by atoms with Crippen LogP contribution < -0.4 is 5.73 Å². The minimum Gasteiger partial charge on any atom is -0.369 e. The Hall–Kier alpha value is -2.38. The second kappa shape index (κ2) is 5.11. The summed E-state index contributed by atoms with van der Waals surface area (Å²) in [5, 5.41) is 8.26. The van der Waals surface area contributed by atoms with Gasteiger partial charge in [0.1, 0.15) is 6.33 Å². The van der Waals surface area contributed by atoms with Gasteiger partial charge in [-0.05, 0) is 17.9 Å². The van der Waals surface area contributed by atoms with Crippen molar-refractivity contribution < 1.29 is 4.74 Å². The number of nitrogen functional groups attached to an aromatic ring is 1. The number of nitrogens with two attached hydrogens (primary N) is 1. The molecule has 9 heteroatoms. The van der Waals surface area contributed by atoms with Gasteiger partial charge in [-0.25, -0.2) is 9.97 Å². The van der Waals surface area contributed by atoms with E-state index < -0.39 is 11.6 Å². The van der Waals surface area contributed by atoms with E-state index in [1.807, 2.05) is 13.8 Å². The molecule has 4 atom stereocenters. The van der Waals surface area contributed by atoms with Crippen molar-refractivity contribution >= 4 is 11.6 Å². The van der Waals surface area contributed by atoms with Crippen molar-refractivity contribution in [2.24, 2.45) is 11.0 Å². The number of rotatable bonds is 3. The topological polar surface area (TPSA) is 127 Å². The molecule has 0 aliphatic carbocycles. The third-order valence-electron chi connectivity index (χ3n) is 4.62. The van der Waals surface area contributed by atoms with Crippen LogP contribution in [0.1, 0.15) is 38.9 Å². The Morgan fingerprint density at radius 2 is 2.32 bits per heavy atom. The van der Waals surface area contributed by atoms with Gasteiger partial charge >= 0.3 is 0 Å². The molecule has 2 aromatic rings. The summed E-state index contributed by atoms with van der Waals surface area (Å²) in [6, 6.07) is 0. The zero-order chi connectivity index (χ0) is 15.9. The van der Waals surface area contributed by atoms with Gasteiger partial charge in [-0.1, -0.05) is 25.9 Å². The van der Waals surface area contributed by atoms with Gasteiger partial charge in [0.15, 0.2) is 5.65 Å². The number of nitrogens with zero attached hydrogens (tertiary/aromatic N) is 7. The van der Waals surface area contributed by atoms with E-state index in [9.17, 15) is 0 Å². The molecule has 1 aliphatic heterocycles. The van der Waals surface area contributed by atoms with Crippen LogP contribution in [-0.2, 0) is 4.74 Å². The summed E-state index contributed by atoms with van der Waals surface area (Å²) in [4.78, 5) is 11.2. The van der Waals surface area contributed by atoms with Gasteiger partial charge in [0.2, 0.25) is 5.95 Å². The van der Waals surface area contributed by atoms with E-state index in [1.165, 1.54) is 10.8 Å². The lowest BCUT2D eigenvalue weighted by Gasteiger charge is -2.27. The van der Waals surface area contributed by atoms with Crippen molar-refractivity contribution in [1.29, 1.82) is 0 Å². The highest BCUT2D eigenvalue weighted by Gasteiger charge is 2.51. The van der Waals surface area contributed by atoms with E-state index >= 15 is 0 Å². The number of hydrogen-bond acceptors (Lipinski definition) is 6. The molecule has 3 rings (SSSR count). The predicted molar refractivity (Wildman–Crippen MR) is 79.8 cm³/mol. The summed E-state index contributed by atoms with van der Waals surface area (Å²) in [6.07, 6.45) is 3.46. The molecule has 0 radical (unpaired) electrons. The number of anilines is 1. The Kier molecular flexibility index (Phi) is 3.38. The number of aromatic nitrogens is 4. The molecule has 1 fully saturated rings. The molecular weight excluding hydrogens is 284 g/mol. The molecule has 0 bridgehead atoms. The quantitative estimate of drug-likeness (QED) is 0.528. The average Bonchev–Trinajstić information content (AvgIpc) is 3.02.